The van der Waals surface area contributed by atoms with Gasteiger partial charge in [0, 0.05) is 11.1 Å². The summed E-state index contributed by atoms with van der Waals surface area (Å²) in [6.45, 7) is 2.19. The van der Waals surface area contributed by atoms with Gasteiger partial charge in [-0.05, 0) is 65.6 Å². The summed E-state index contributed by atoms with van der Waals surface area (Å²) < 4.78 is 14.3. The van der Waals surface area contributed by atoms with E-state index in [2.05, 4.69) is 6.07 Å². The maximum Gasteiger partial charge on any atom is 0.335 e. The van der Waals surface area contributed by atoms with Crippen LogP contribution in [0.2, 0.25) is 0 Å². The van der Waals surface area contributed by atoms with Gasteiger partial charge in [0.2, 0.25) is 5.91 Å². The highest BCUT2D eigenvalue weighted by atomic mass is 19.1. The monoisotopic (exact) mass is 426 g/mol. The molecule has 1 aliphatic heterocycles. The maximum atomic E-state index is 14.3. The smallest absolute Gasteiger partial charge is 0.335 e. The Bertz CT molecular complexity index is 1330. The summed E-state index contributed by atoms with van der Waals surface area (Å²) >= 11 is 0. The molecular formula is C26H19FN2O3. The number of anilines is 1. The van der Waals surface area contributed by atoms with Gasteiger partial charge in [0.15, 0.2) is 0 Å². The second kappa shape index (κ2) is 6.76. The van der Waals surface area contributed by atoms with E-state index in [1.54, 1.807) is 41.3 Å². The lowest BCUT2D eigenvalue weighted by atomic mass is 9.83. The third kappa shape index (κ3) is 2.68. The number of amides is 1. The molecule has 1 heterocycles. The minimum atomic E-state index is -1.03. The van der Waals surface area contributed by atoms with Crippen molar-refractivity contribution in [1.82, 2.24) is 0 Å². The molecule has 0 unspecified atom stereocenters. The molecule has 1 N–H and O–H groups in total. The van der Waals surface area contributed by atoms with E-state index in [-0.39, 0.29) is 18.0 Å². The Morgan fingerprint density at radius 2 is 1.91 bits per heavy atom. The van der Waals surface area contributed by atoms with Gasteiger partial charge in [-0.2, -0.15) is 5.26 Å². The van der Waals surface area contributed by atoms with Crippen molar-refractivity contribution in [3.05, 3.63) is 100 Å². The van der Waals surface area contributed by atoms with Crippen molar-refractivity contribution >= 4 is 17.6 Å². The molecule has 5 nitrogen and oxygen atoms in total. The number of nitrogens with zero attached hydrogens (tertiary/aromatic N) is 2. The van der Waals surface area contributed by atoms with Crippen LogP contribution in [0.4, 0.5) is 10.1 Å². The van der Waals surface area contributed by atoms with E-state index < -0.39 is 22.6 Å². The number of carbonyl (C=O) groups is 2. The van der Waals surface area contributed by atoms with Gasteiger partial charge in [-0.3, -0.25) is 4.79 Å². The molecule has 158 valence electrons. The second-order valence-corrected chi connectivity index (χ2v) is 8.66. The Labute approximate surface area is 184 Å². The predicted octanol–water partition coefficient (Wildman–Crippen LogP) is 4.54. The Balaban J connectivity index is 1.57. The lowest BCUT2D eigenvalue weighted by molar-refractivity contribution is -0.120. The van der Waals surface area contributed by atoms with Crippen molar-refractivity contribution in [2.45, 2.75) is 30.7 Å². The Morgan fingerprint density at radius 1 is 1.16 bits per heavy atom. The highest BCUT2D eigenvalue weighted by molar-refractivity contribution is 6.12. The summed E-state index contributed by atoms with van der Waals surface area (Å²) in [7, 11) is 0. The zero-order valence-corrected chi connectivity index (χ0v) is 17.3. The van der Waals surface area contributed by atoms with Gasteiger partial charge >= 0.3 is 5.97 Å². The molecule has 0 bridgehead atoms. The van der Waals surface area contributed by atoms with Gasteiger partial charge in [-0.15, -0.1) is 0 Å². The molecular weight excluding hydrogens is 407 g/mol. The highest BCUT2D eigenvalue weighted by Gasteiger charge is 2.74. The van der Waals surface area contributed by atoms with E-state index in [1.165, 1.54) is 18.2 Å². The summed E-state index contributed by atoms with van der Waals surface area (Å²) in [6, 6.07) is 20.2. The SMILES string of the molecule is C[C@@]1(c2ccc(C#N)cc2)C[C@@]12C(=O)N(Cc1cccc(C(=O)O)c1)c1ccc(F)cc12. The average Bonchev–Trinajstić information content (AvgIpc) is 3.38. The van der Waals surface area contributed by atoms with Gasteiger partial charge in [0.1, 0.15) is 5.82 Å². The molecule has 1 saturated carbocycles. The van der Waals surface area contributed by atoms with Crippen LogP contribution < -0.4 is 4.90 Å². The number of benzene rings is 3. The molecule has 0 aromatic heterocycles. The van der Waals surface area contributed by atoms with Crippen molar-refractivity contribution in [3.63, 3.8) is 0 Å². The van der Waals surface area contributed by atoms with Gasteiger partial charge in [0.25, 0.3) is 0 Å². The molecule has 0 saturated heterocycles. The standard InChI is InChI=1S/C26H19FN2O3/c1-25(19-7-5-16(13-28)6-8-19)15-26(25)21-12-20(27)9-10-22(21)29(24(26)32)14-17-3-2-4-18(11-17)23(30)31/h2-12H,14-15H2,1H3,(H,30,31)/t25-,26+/m0/s1. The largest absolute Gasteiger partial charge is 0.478 e. The first-order valence-corrected chi connectivity index (χ1v) is 10.2. The summed E-state index contributed by atoms with van der Waals surface area (Å²) in [4.78, 5) is 26.8. The summed E-state index contributed by atoms with van der Waals surface area (Å²) in [5.41, 5.74) is 2.19. The molecule has 1 spiro atoms. The third-order valence-electron chi connectivity index (χ3n) is 6.92. The van der Waals surface area contributed by atoms with Crippen LogP contribution in [0, 0.1) is 17.1 Å². The second-order valence-electron chi connectivity index (χ2n) is 8.66. The number of hydrogen-bond acceptors (Lipinski definition) is 3. The third-order valence-corrected chi connectivity index (χ3v) is 6.92. The van der Waals surface area contributed by atoms with Crippen LogP contribution in [0.5, 0.6) is 0 Å². The van der Waals surface area contributed by atoms with Crippen LogP contribution in [0.25, 0.3) is 0 Å². The molecule has 6 heteroatoms. The minimum Gasteiger partial charge on any atom is -0.478 e. The van der Waals surface area contributed by atoms with E-state index >= 15 is 0 Å². The number of nitriles is 1. The number of fused-ring (bicyclic) bond motifs is 2. The number of carboxylic acid groups (broad SMARTS) is 1. The average molecular weight is 426 g/mol. The van der Waals surface area contributed by atoms with E-state index in [1.807, 2.05) is 19.1 Å². The number of aromatic carboxylic acids is 1. The van der Waals surface area contributed by atoms with Crippen molar-refractivity contribution in [1.29, 1.82) is 5.26 Å². The van der Waals surface area contributed by atoms with Gasteiger partial charge in [-0.25, -0.2) is 9.18 Å². The minimum absolute atomic E-state index is 0.120. The van der Waals surface area contributed by atoms with Crippen LogP contribution in [-0.2, 0) is 22.2 Å². The van der Waals surface area contributed by atoms with E-state index in [0.717, 1.165) is 5.56 Å². The fraction of sp³-hybridized carbons (Fsp3) is 0.192. The van der Waals surface area contributed by atoms with Crippen LogP contribution >= 0.6 is 0 Å². The number of hydrogen-bond donors (Lipinski definition) is 1. The van der Waals surface area contributed by atoms with Gasteiger partial charge in [0.05, 0.1) is 29.2 Å². The van der Waals surface area contributed by atoms with E-state index in [9.17, 15) is 19.1 Å². The fourth-order valence-electron chi connectivity index (χ4n) is 5.13. The summed E-state index contributed by atoms with van der Waals surface area (Å²) in [5.74, 6) is -1.56. The van der Waals surface area contributed by atoms with Crippen LogP contribution in [0.3, 0.4) is 0 Å². The molecule has 1 amide bonds. The number of carbonyl (C=O) groups excluding carboxylic acids is 1. The number of rotatable bonds is 4. The van der Waals surface area contributed by atoms with Crippen molar-refractivity contribution in [2.75, 3.05) is 4.90 Å². The van der Waals surface area contributed by atoms with Gasteiger partial charge in [-0.1, -0.05) is 31.2 Å². The molecule has 5 rings (SSSR count). The molecule has 1 aliphatic carbocycles. The quantitative estimate of drug-likeness (QED) is 0.664. The zero-order valence-electron chi connectivity index (χ0n) is 17.3. The summed E-state index contributed by atoms with van der Waals surface area (Å²) in [6.07, 6.45) is 0.535. The van der Waals surface area contributed by atoms with E-state index in [4.69, 9.17) is 5.26 Å². The topological polar surface area (TPSA) is 81.4 Å². The van der Waals surface area contributed by atoms with E-state index in [0.29, 0.717) is 28.8 Å². The molecule has 32 heavy (non-hydrogen) atoms. The Morgan fingerprint density at radius 3 is 2.59 bits per heavy atom. The summed E-state index contributed by atoms with van der Waals surface area (Å²) in [5, 5.41) is 18.4. The first-order valence-electron chi connectivity index (χ1n) is 10.2. The first-order chi connectivity index (χ1) is 15.3. The number of halogens is 1. The number of carboxylic acids is 1. The molecule has 2 atom stereocenters. The molecule has 3 aromatic carbocycles. The van der Waals surface area contributed by atoms with Crippen molar-refractivity contribution in [2.24, 2.45) is 0 Å². The van der Waals surface area contributed by atoms with Gasteiger partial charge < -0.3 is 10.0 Å². The van der Waals surface area contributed by atoms with Crippen LogP contribution in [0.15, 0.2) is 66.7 Å². The highest BCUT2D eigenvalue weighted by Crippen LogP contribution is 2.70. The van der Waals surface area contributed by atoms with Crippen LogP contribution in [-0.4, -0.2) is 17.0 Å². The zero-order chi connectivity index (χ0) is 22.7. The molecule has 1 fully saturated rings. The van der Waals surface area contributed by atoms with Crippen molar-refractivity contribution in [3.8, 4) is 6.07 Å². The normalized spacial score (nSPS) is 23.2. The lowest BCUT2D eigenvalue weighted by Crippen LogP contribution is -2.35. The Kier molecular flexibility index (Phi) is 4.22. The predicted molar refractivity (Wildman–Crippen MR) is 116 cm³/mol. The first kappa shape index (κ1) is 20.0. The lowest BCUT2D eigenvalue weighted by Gasteiger charge is -2.21. The molecule has 0 radical (unpaired) electrons. The molecule has 3 aromatic rings. The fourth-order valence-corrected chi connectivity index (χ4v) is 5.13. The molecule has 2 aliphatic rings. The van der Waals surface area contributed by atoms with Crippen molar-refractivity contribution < 1.29 is 19.1 Å². The Hall–Kier alpha value is -3.98. The maximum absolute atomic E-state index is 14.3. The van der Waals surface area contributed by atoms with Crippen LogP contribution in [0.1, 0.15) is 46.0 Å².